The van der Waals surface area contributed by atoms with E-state index >= 15 is 0 Å². The fourth-order valence-electron chi connectivity index (χ4n) is 1.28. The van der Waals surface area contributed by atoms with E-state index < -0.39 is 10.8 Å². The van der Waals surface area contributed by atoms with Crippen LogP contribution in [-0.4, -0.2) is 22.8 Å². The Balaban J connectivity index is 2.27. The van der Waals surface area contributed by atoms with E-state index in [2.05, 4.69) is 21.2 Å². The molecule has 0 heterocycles. The molecule has 1 N–H and O–H groups in total. The molecule has 0 radical (unpaired) electrons. The van der Waals surface area contributed by atoms with Crippen molar-refractivity contribution in [3.63, 3.8) is 0 Å². The summed E-state index contributed by atoms with van der Waals surface area (Å²) in [5, 5.41) is 3.19. The van der Waals surface area contributed by atoms with Crippen molar-refractivity contribution in [3.05, 3.63) is 34.1 Å². The highest BCUT2D eigenvalue weighted by atomic mass is 79.9. The van der Waals surface area contributed by atoms with E-state index in [1.165, 1.54) is 6.07 Å². The van der Waals surface area contributed by atoms with Crippen molar-refractivity contribution >= 4 is 26.7 Å². The van der Waals surface area contributed by atoms with Gasteiger partial charge in [-0.1, -0.05) is 6.07 Å². The van der Waals surface area contributed by atoms with Gasteiger partial charge >= 0.3 is 0 Å². The summed E-state index contributed by atoms with van der Waals surface area (Å²) < 4.78 is 24.4. The smallest absolute Gasteiger partial charge is 0.137 e. The van der Waals surface area contributed by atoms with Crippen molar-refractivity contribution in [2.45, 2.75) is 13.0 Å². The molecule has 16 heavy (non-hydrogen) atoms. The van der Waals surface area contributed by atoms with Crippen LogP contribution in [0.15, 0.2) is 22.7 Å². The molecule has 0 aromatic heterocycles. The number of halogens is 2. The fourth-order valence-corrected chi connectivity index (χ4v) is 2.08. The number of rotatable bonds is 6. The molecule has 1 rings (SSSR count). The van der Waals surface area contributed by atoms with Gasteiger partial charge in [-0.2, -0.15) is 0 Å². The average molecular weight is 308 g/mol. The molecular formula is C11H15BrFNOS. The van der Waals surface area contributed by atoms with Crippen LogP contribution in [-0.2, 0) is 17.3 Å². The molecule has 1 aromatic rings. The summed E-state index contributed by atoms with van der Waals surface area (Å²) in [5.74, 6) is 0.468. The van der Waals surface area contributed by atoms with E-state index in [4.69, 9.17) is 0 Å². The molecular weight excluding hydrogens is 293 g/mol. The third kappa shape index (κ3) is 5.18. The molecule has 0 aliphatic heterocycles. The van der Waals surface area contributed by atoms with E-state index in [1.807, 2.05) is 6.07 Å². The van der Waals surface area contributed by atoms with E-state index in [0.29, 0.717) is 16.8 Å². The molecule has 0 aliphatic carbocycles. The van der Waals surface area contributed by atoms with Crippen molar-refractivity contribution in [3.8, 4) is 0 Å². The Morgan fingerprint density at radius 1 is 1.50 bits per heavy atom. The van der Waals surface area contributed by atoms with Crippen LogP contribution in [0.4, 0.5) is 4.39 Å². The molecule has 5 heteroatoms. The van der Waals surface area contributed by atoms with E-state index in [1.54, 1.807) is 12.3 Å². The number of hydrogen-bond donors (Lipinski definition) is 1. The monoisotopic (exact) mass is 307 g/mol. The van der Waals surface area contributed by atoms with Crippen LogP contribution < -0.4 is 5.32 Å². The molecule has 0 aliphatic rings. The van der Waals surface area contributed by atoms with Gasteiger partial charge in [0.2, 0.25) is 0 Å². The predicted molar refractivity (Wildman–Crippen MR) is 69.4 cm³/mol. The van der Waals surface area contributed by atoms with Crippen molar-refractivity contribution in [2.24, 2.45) is 0 Å². The molecule has 0 saturated carbocycles. The minimum Gasteiger partial charge on any atom is -0.313 e. The van der Waals surface area contributed by atoms with E-state index in [0.717, 1.165) is 18.5 Å². The highest BCUT2D eigenvalue weighted by Crippen LogP contribution is 2.16. The van der Waals surface area contributed by atoms with Gasteiger partial charge in [-0.3, -0.25) is 4.21 Å². The largest absolute Gasteiger partial charge is 0.313 e. The normalized spacial score (nSPS) is 12.7. The number of benzene rings is 1. The van der Waals surface area contributed by atoms with Gasteiger partial charge in [0.05, 0.1) is 4.47 Å². The minimum absolute atomic E-state index is 0.242. The second-order valence-electron chi connectivity index (χ2n) is 3.56. The summed E-state index contributed by atoms with van der Waals surface area (Å²) >= 11 is 3.11. The van der Waals surface area contributed by atoms with E-state index in [9.17, 15) is 8.60 Å². The highest BCUT2D eigenvalue weighted by Gasteiger charge is 2.00. The van der Waals surface area contributed by atoms with Gasteiger partial charge in [0.15, 0.2) is 0 Å². The second kappa shape index (κ2) is 7.14. The van der Waals surface area contributed by atoms with Crippen LogP contribution in [0.25, 0.3) is 0 Å². The summed E-state index contributed by atoms with van der Waals surface area (Å²) in [6.07, 6.45) is 2.58. The summed E-state index contributed by atoms with van der Waals surface area (Å²) in [7, 11) is -0.726. The van der Waals surface area contributed by atoms with Crippen molar-refractivity contribution in [1.29, 1.82) is 0 Å². The minimum atomic E-state index is -0.726. The summed E-state index contributed by atoms with van der Waals surface area (Å²) in [4.78, 5) is 0. The first kappa shape index (κ1) is 13.8. The Bertz CT molecular complexity index is 373. The lowest BCUT2D eigenvalue weighted by molar-refractivity contribution is 0.613. The molecule has 90 valence electrons. The zero-order valence-corrected chi connectivity index (χ0v) is 11.5. The first-order chi connectivity index (χ1) is 7.59. The Morgan fingerprint density at radius 3 is 2.88 bits per heavy atom. The lowest BCUT2D eigenvalue weighted by Crippen LogP contribution is -2.16. The zero-order chi connectivity index (χ0) is 12.0. The van der Waals surface area contributed by atoms with Gasteiger partial charge < -0.3 is 5.32 Å². The first-order valence-electron chi connectivity index (χ1n) is 5.04. The van der Waals surface area contributed by atoms with Crippen LogP contribution in [0, 0.1) is 5.82 Å². The van der Waals surface area contributed by atoms with Gasteiger partial charge in [-0.25, -0.2) is 4.39 Å². The van der Waals surface area contributed by atoms with Crippen LogP contribution in [0.5, 0.6) is 0 Å². The van der Waals surface area contributed by atoms with Crippen LogP contribution in [0.1, 0.15) is 12.0 Å². The maximum atomic E-state index is 13.1. The molecule has 2 nitrogen and oxygen atoms in total. The van der Waals surface area contributed by atoms with Gasteiger partial charge in [0.1, 0.15) is 5.82 Å². The highest BCUT2D eigenvalue weighted by molar-refractivity contribution is 9.10. The first-order valence-corrected chi connectivity index (χ1v) is 7.56. The standard InChI is InChI=1S/C11H15BrFNOS/c1-16(15)6-2-5-14-8-9-3-4-10(12)11(13)7-9/h3-4,7,14H,2,5-6,8H2,1H3. The third-order valence-electron chi connectivity index (χ3n) is 2.10. The molecule has 0 spiro atoms. The summed E-state index contributed by atoms with van der Waals surface area (Å²) in [5.41, 5.74) is 0.915. The third-order valence-corrected chi connectivity index (χ3v) is 3.61. The molecule has 0 saturated heterocycles. The maximum absolute atomic E-state index is 13.1. The lowest BCUT2D eigenvalue weighted by Gasteiger charge is -2.05. The molecule has 1 atom stereocenters. The van der Waals surface area contributed by atoms with Crippen molar-refractivity contribution in [2.75, 3.05) is 18.6 Å². The van der Waals surface area contributed by atoms with Crippen LogP contribution in [0.3, 0.4) is 0 Å². The Labute approximate surface area is 106 Å². The van der Waals surface area contributed by atoms with Crippen molar-refractivity contribution < 1.29 is 8.60 Å². The Hall–Kier alpha value is -0.260. The van der Waals surface area contributed by atoms with Gasteiger partial charge in [0, 0.05) is 29.4 Å². The quantitative estimate of drug-likeness (QED) is 0.818. The zero-order valence-electron chi connectivity index (χ0n) is 9.13. The number of nitrogens with one attached hydrogen (secondary N) is 1. The maximum Gasteiger partial charge on any atom is 0.137 e. The predicted octanol–water partition coefficient (Wildman–Crippen LogP) is 2.45. The van der Waals surface area contributed by atoms with Gasteiger partial charge in [-0.15, -0.1) is 0 Å². The Morgan fingerprint density at radius 2 is 2.25 bits per heavy atom. The van der Waals surface area contributed by atoms with Crippen LogP contribution >= 0.6 is 15.9 Å². The Kier molecular flexibility index (Phi) is 6.16. The average Bonchev–Trinajstić information content (AvgIpc) is 2.22. The topological polar surface area (TPSA) is 29.1 Å². The molecule has 1 unspecified atom stereocenters. The summed E-state index contributed by atoms with van der Waals surface area (Å²) in [6.45, 7) is 1.44. The molecule has 1 aromatic carbocycles. The van der Waals surface area contributed by atoms with Crippen molar-refractivity contribution in [1.82, 2.24) is 5.32 Å². The fraction of sp³-hybridized carbons (Fsp3) is 0.455. The summed E-state index contributed by atoms with van der Waals surface area (Å²) in [6, 6.07) is 5.08. The van der Waals surface area contributed by atoms with Crippen LogP contribution in [0.2, 0.25) is 0 Å². The number of hydrogen-bond acceptors (Lipinski definition) is 2. The van der Waals surface area contributed by atoms with Gasteiger partial charge in [-0.05, 0) is 46.6 Å². The van der Waals surface area contributed by atoms with Gasteiger partial charge in [0.25, 0.3) is 0 Å². The molecule has 0 amide bonds. The SMILES string of the molecule is CS(=O)CCCNCc1ccc(Br)c(F)c1. The molecule has 0 bridgehead atoms. The van der Waals surface area contributed by atoms with E-state index in [-0.39, 0.29) is 5.82 Å². The lowest BCUT2D eigenvalue weighted by atomic mass is 10.2. The molecule has 0 fully saturated rings. The second-order valence-corrected chi connectivity index (χ2v) is 5.97.